The minimum Gasteiger partial charge on any atom is -0.456 e. The zero-order valence-electron chi connectivity index (χ0n) is 33.2. The Hall–Kier alpha value is -7.62. The summed E-state index contributed by atoms with van der Waals surface area (Å²) in [7, 11) is 0. The van der Waals surface area contributed by atoms with Crippen molar-refractivity contribution in [2.75, 3.05) is 4.90 Å². The van der Waals surface area contributed by atoms with Crippen molar-refractivity contribution in [1.82, 2.24) is 0 Å². The van der Waals surface area contributed by atoms with E-state index in [4.69, 9.17) is 8.83 Å². The highest BCUT2D eigenvalue weighted by Crippen LogP contribution is 2.52. The van der Waals surface area contributed by atoms with Gasteiger partial charge in [-0.2, -0.15) is 0 Å². The van der Waals surface area contributed by atoms with Crippen molar-refractivity contribution in [3.05, 3.63) is 199 Å². The van der Waals surface area contributed by atoms with Gasteiger partial charge in [-0.15, -0.1) is 0 Å². The molecule has 0 radical (unpaired) electrons. The number of para-hydroxylation sites is 4. The average Bonchev–Trinajstić information content (AvgIpc) is 3.95. The molecule has 0 amide bonds. The van der Waals surface area contributed by atoms with Crippen LogP contribution in [0.2, 0.25) is 0 Å². The van der Waals surface area contributed by atoms with Crippen molar-refractivity contribution < 1.29 is 8.83 Å². The number of hydrogen-bond acceptors (Lipinski definition) is 3. The summed E-state index contributed by atoms with van der Waals surface area (Å²) in [5.74, 6) is 0. The molecule has 282 valence electrons. The molecule has 0 atom stereocenters. The van der Waals surface area contributed by atoms with Crippen LogP contribution in [0.1, 0.15) is 25.0 Å². The van der Waals surface area contributed by atoms with Gasteiger partial charge in [-0.1, -0.05) is 147 Å². The minimum absolute atomic E-state index is 0.160. The number of nitrogens with zero attached hydrogens (tertiary/aromatic N) is 1. The van der Waals surface area contributed by atoms with E-state index in [0.29, 0.717) is 0 Å². The summed E-state index contributed by atoms with van der Waals surface area (Å²) in [5, 5.41) is 11.9. The topological polar surface area (TPSA) is 29.5 Å². The second kappa shape index (κ2) is 12.2. The summed E-state index contributed by atoms with van der Waals surface area (Å²) in [6.45, 7) is 4.70. The lowest BCUT2D eigenvalue weighted by atomic mass is 9.82. The molecule has 1 aliphatic carbocycles. The van der Waals surface area contributed by atoms with E-state index in [2.05, 4.69) is 195 Å². The highest BCUT2D eigenvalue weighted by molar-refractivity contribution is 6.34. The molecular formula is C57H37NO2. The van der Waals surface area contributed by atoms with Gasteiger partial charge in [0.05, 0.1) is 11.4 Å². The van der Waals surface area contributed by atoms with E-state index in [1.165, 1.54) is 60.0 Å². The normalized spacial score (nSPS) is 13.3. The first-order chi connectivity index (χ1) is 29.5. The van der Waals surface area contributed by atoms with Crippen molar-refractivity contribution in [3.8, 4) is 22.3 Å². The molecule has 10 aromatic carbocycles. The Bertz CT molecular complexity index is 3770. The molecule has 3 heteroatoms. The van der Waals surface area contributed by atoms with Crippen molar-refractivity contribution in [2.24, 2.45) is 0 Å². The van der Waals surface area contributed by atoms with Crippen LogP contribution in [0, 0.1) is 0 Å². The molecule has 0 aliphatic heterocycles. The monoisotopic (exact) mass is 767 g/mol. The number of hydrogen-bond donors (Lipinski definition) is 0. The molecule has 2 heterocycles. The highest BCUT2D eigenvalue weighted by Gasteiger charge is 2.36. The van der Waals surface area contributed by atoms with Gasteiger partial charge >= 0.3 is 0 Å². The standard InChI is InChI=1S/C57H37NO2/c1-57(2)47-21-9-5-16-39(47)40-29-27-35(33-48(40)57)58(50-23-13-20-44-41-17-7-11-24-51(41)60-56(44)50)49-22-10-6-14-36(49)34-26-28-38-37-15-3-4-18-42(37)54-43(46(38)32-34)30-31-53-55(54)45-19-8-12-25-52(45)59-53/h3-33H,1-2H3. The fraction of sp³-hybridized carbons (Fsp3) is 0.0526. The Labute approximate surface area is 346 Å². The highest BCUT2D eigenvalue weighted by atomic mass is 16.3. The molecule has 0 spiro atoms. The fourth-order valence-electron chi connectivity index (χ4n) is 10.5. The number of fused-ring (bicyclic) bond motifs is 16. The molecule has 13 rings (SSSR count). The van der Waals surface area contributed by atoms with Gasteiger partial charge in [0.1, 0.15) is 16.7 Å². The van der Waals surface area contributed by atoms with E-state index in [0.717, 1.165) is 66.7 Å². The fourth-order valence-corrected chi connectivity index (χ4v) is 10.5. The smallest absolute Gasteiger partial charge is 0.159 e. The van der Waals surface area contributed by atoms with Gasteiger partial charge < -0.3 is 13.7 Å². The van der Waals surface area contributed by atoms with E-state index in [1.54, 1.807) is 0 Å². The first-order valence-electron chi connectivity index (χ1n) is 20.8. The predicted molar refractivity (Wildman–Crippen MR) is 251 cm³/mol. The molecule has 2 aromatic heterocycles. The van der Waals surface area contributed by atoms with Crippen molar-refractivity contribution >= 4 is 93.3 Å². The molecule has 1 aliphatic rings. The van der Waals surface area contributed by atoms with Crippen LogP contribution in [-0.4, -0.2) is 0 Å². The van der Waals surface area contributed by atoms with Crippen LogP contribution >= 0.6 is 0 Å². The summed E-state index contributed by atoms with van der Waals surface area (Å²) in [5.41, 5.74) is 14.1. The minimum atomic E-state index is -0.160. The lowest BCUT2D eigenvalue weighted by Gasteiger charge is -2.30. The Morgan fingerprint density at radius 2 is 0.983 bits per heavy atom. The number of furan rings is 2. The van der Waals surface area contributed by atoms with Crippen LogP contribution < -0.4 is 4.90 Å². The Kier molecular flexibility index (Phi) is 6.78. The van der Waals surface area contributed by atoms with Gasteiger partial charge in [-0.25, -0.2) is 0 Å². The quantitative estimate of drug-likeness (QED) is 0.167. The van der Waals surface area contributed by atoms with E-state index < -0.39 is 0 Å². The van der Waals surface area contributed by atoms with Crippen LogP contribution in [0.3, 0.4) is 0 Å². The van der Waals surface area contributed by atoms with Gasteiger partial charge in [0.25, 0.3) is 0 Å². The number of anilines is 3. The SMILES string of the molecule is CC1(C)c2ccccc2-c2ccc(N(c3ccccc3-c3ccc4c5ccccc5c5c(ccc6oc7ccccc7c65)c4c3)c3cccc4c3oc3ccccc34)cc21. The summed E-state index contributed by atoms with van der Waals surface area (Å²) in [4.78, 5) is 2.42. The largest absolute Gasteiger partial charge is 0.456 e. The summed E-state index contributed by atoms with van der Waals surface area (Å²) < 4.78 is 13.2. The van der Waals surface area contributed by atoms with Gasteiger partial charge in [-0.3, -0.25) is 0 Å². The molecule has 60 heavy (non-hydrogen) atoms. The molecule has 0 saturated carbocycles. The molecule has 3 nitrogen and oxygen atoms in total. The molecule has 0 fully saturated rings. The lowest BCUT2D eigenvalue weighted by molar-refractivity contribution is 0.660. The van der Waals surface area contributed by atoms with Crippen LogP contribution in [0.25, 0.3) is 98.4 Å². The first kappa shape index (κ1) is 33.4. The van der Waals surface area contributed by atoms with Crippen LogP contribution in [-0.2, 0) is 5.41 Å². The zero-order chi connectivity index (χ0) is 39.7. The maximum Gasteiger partial charge on any atom is 0.159 e. The maximum atomic E-state index is 6.79. The van der Waals surface area contributed by atoms with Gasteiger partial charge in [-0.05, 0) is 109 Å². The third kappa shape index (κ3) is 4.55. The Morgan fingerprint density at radius 1 is 0.367 bits per heavy atom. The molecule has 12 aromatic rings. The molecule has 0 saturated heterocycles. The van der Waals surface area contributed by atoms with Crippen molar-refractivity contribution in [1.29, 1.82) is 0 Å². The van der Waals surface area contributed by atoms with Gasteiger partial charge in [0.2, 0.25) is 0 Å². The van der Waals surface area contributed by atoms with Crippen LogP contribution in [0.15, 0.2) is 197 Å². The average molecular weight is 768 g/mol. The molecule has 0 N–H and O–H groups in total. The predicted octanol–water partition coefficient (Wildman–Crippen LogP) is 16.4. The molecule has 0 bridgehead atoms. The Balaban J connectivity index is 1.09. The maximum absolute atomic E-state index is 6.79. The Morgan fingerprint density at radius 3 is 1.85 bits per heavy atom. The van der Waals surface area contributed by atoms with Crippen molar-refractivity contribution in [3.63, 3.8) is 0 Å². The first-order valence-corrected chi connectivity index (χ1v) is 20.8. The third-order valence-electron chi connectivity index (χ3n) is 13.2. The number of benzene rings is 10. The second-order valence-corrected chi connectivity index (χ2v) is 16.8. The zero-order valence-corrected chi connectivity index (χ0v) is 33.2. The van der Waals surface area contributed by atoms with Crippen LogP contribution in [0.4, 0.5) is 17.1 Å². The second-order valence-electron chi connectivity index (χ2n) is 16.8. The molecule has 0 unspecified atom stereocenters. The summed E-state index contributed by atoms with van der Waals surface area (Å²) in [6, 6.07) is 68.2. The van der Waals surface area contributed by atoms with Gasteiger partial charge in [0.15, 0.2) is 5.58 Å². The van der Waals surface area contributed by atoms with Gasteiger partial charge in [0, 0.05) is 43.6 Å². The lowest BCUT2D eigenvalue weighted by Crippen LogP contribution is -2.17. The molecular weight excluding hydrogens is 731 g/mol. The van der Waals surface area contributed by atoms with Crippen molar-refractivity contribution in [2.45, 2.75) is 19.3 Å². The van der Waals surface area contributed by atoms with E-state index in [-0.39, 0.29) is 5.41 Å². The number of rotatable bonds is 4. The van der Waals surface area contributed by atoms with E-state index in [1.807, 2.05) is 12.1 Å². The summed E-state index contributed by atoms with van der Waals surface area (Å²) >= 11 is 0. The van der Waals surface area contributed by atoms with Crippen LogP contribution in [0.5, 0.6) is 0 Å². The third-order valence-corrected chi connectivity index (χ3v) is 13.2. The summed E-state index contributed by atoms with van der Waals surface area (Å²) in [6.07, 6.45) is 0. The van der Waals surface area contributed by atoms with E-state index in [9.17, 15) is 0 Å². The van der Waals surface area contributed by atoms with E-state index >= 15 is 0 Å².